The van der Waals surface area contributed by atoms with E-state index in [1.807, 2.05) is 0 Å². The van der Waals surface area contributed by atoms with Crippen LogP contribution in [-0.2, 0) is 14.4 Å². The molecule has 2 aliphatic carbocycles. The Morgan fingerprint density at radius 2 is 1.77 bits per heavy atom. The zero-order valence-corrected chi connectivity index (χ0v) is 18.8. The molecule has 1 atom stereocenters. The molecular weight excluding hydrogens is 412 g/mol. The molecular formula is C25H31ClN2O3. The molecule has 1 saturated heterocycles. The van der Waals surface area contributed by atoms with Gasteiger partial charge in [0, 0.05) is 17.5 Å². The van der Waals surface area contributed by atoms with Crippen molar-refractivity contribution >= 4 is 35.0 Å². The van der Waals surface area contributed by atoms with E-state index in [9.17, 15) is 14.4 Å². The second-order valence-corrected chi connectivity index (χ2v) is 9.42. The van der Waals surface area contributed by atoms with Crippen molar-refractivity contribution in [2.45, 2.75) is 76.7 Å². The van der Waals surface area contributed by atoms with Crippen LogP contribution in [0.2, 0.25) is 5.02 Å². The number of allylic oxidation sites excluding steroid dienone is 1. The largest absolute Gasteiger partial charge is 0.330 e. The van der Waals surface area contributed by atoms with E-state index < -0.39 is 6.04 Å². The first-order chi connectivity index (χ1) is 15.0. The summed E-state index contributed by atoms with van der Waals surface area (Å²) < 4.78 is 0. The Labute approximate surface area is 189 Å². The van der Waals surface area contributed by atoms with Crippen molar-refractivity contribution in [3.05, 3.63) is 40.9 Å². The summed E-state index contributed by atoms with van der Waals surface area (Å²) >= 11 is 5.97. The summed E-state index contributed by atoms with van der Waals surface area (Å²) in [6.07, 6.45) is 12.8. The van der Waals surface area contributed by atoms with Gasteiger partial charge in [0.25, 0.3) is 5.91 Å². The molecule has 4 rings (SSSR count). The highest BCUT2D eigenvalue weighted by Gasteiger charge is 2.45. The lowest BCUT2D eigenvalue weighted by atomic mass is 9.87. The van der Waals surface area contributed by atoms with Crippen molar-refractivity contribution in [1.82, 2.24) is 4.90 Å². The minimum absolute atomic E-state index is 0.0263. The highest BCUT2D eigenvalue weighted by molar-refractivity contribution is 6.30. The fourth-order valence-corrected chi connectivity index (χ4v) is 5.25. The van der Waals surface area contributed by atoms with E-state index in [0.717, 1.165) is 44.9 Å². The van der Waals surface area contributed by atoms with Gasteiger partial charge in [-0.3, -0.25) is 14.4 Å². The molecule has 2 fully saturated rings. The van der Waals surface area contributed by atoms with Crippen LogP contribution in [0, 0.1) is 5.92 Å². The number of amides is 3. The lowest BCUT2D eigenvalue weighted by molar-refractivity contribution is -0.142. The van der Waals surface area contributed by atoms with Crippen LogP contribution in [0.5, 0.6) is 0 Å². The van der Waals surface area contributed by atoms with E-state index in [1.54, 1.807) is 29.2 Å². The molecule has 1 saturated carbocycles. The maximum Gasteiger partial charge on any atom is 0.257 e. The fourth-order valence-electron chi connectivity index (χ4n) is 5.12. The van der Waals surface area contributed by atoms with Crippen molar-refractivity contribution < 1.29 is 14.4 Å². The van der Waals surface area contributed by atoms with Gasteiger partial charge in [0.05, 0.1) is 12.1 Å². The number of anilines is 1. The molecule has 1 aromatic rings. The number of halogens is 1. The summed E-state index contributed by atoms with van der Waals surface area (Å²) in [5.41, 5.74) is 1.89. The lowest BCUT2D eigenvalue weighted by Gasteiger charge is -2.33. The molecule has 3 amide bonds. The van der Waals surface area contributed by atoms with Gasteiger partial charge in [-0.15, -0.1) is 0 Å². The monoisotopic (exact) mass is 442 g/mol. The molecule has 0 aromatic heterocycles. The van der Waals surface area contributed by atoms with Crippen molar-refractivity contribution in [2.24, 2.45) is 5.92 Å². The Kier molecular flexibility index (Phi) is 7.11. The molecule has 0 bridgehead atoms. The van der Waals surface area contributed by atoms with E-state index in [0.29, 0.717) is 17.3 Å². The second-order valence-electron chi connectivity index (χ2n) is 8.99. The zero-order chi connectivity index (χ0) is 21.8. The minimum atomic E-state index is -0.707. The molecule has 0 spiro atoms. The maximum absolute atomic E-state index is 13.5. The maximum atomic E-state index is 13.5. The topological polar surface area (TPSA) is 57.7 Å². The van der Waals surface area contributed by atoms with Crippen molar-refractivity contribution in [3.8, 4) is 0 Å². The number of hydrogen-bond acceptors (Lipinski definition) is 3. The van der Waals surface area contributed by atoms with Crippen LogP contribution < -0.4 is 4.90 Å². The van der Waals surface area contributed by atoms with E-state index in [-0.39, 0.29) is 30.1 Å². The van der Waals surface area contributed by atoms with Gasteiger partial charge in [0.15, 0.2) is 0 Å². The fraction of sp³-hybridized carbons (Fsp3) is 0.560. The molecule has 166 valence electrons. The zero-order valence-electron chi connectivity index (χ0n) is 18.0. The van der Waals surface area contributed by atoms with E-state index in [2.05, 4.69) is 6.08 Å². The Morgan fingerprint density at radius 3 is 2.45 bits per heavy atom. The first-order valence-corrected chi connectivity index (χ1v) is 12.0. The van der Waals surface area contributed by atoms with Gasteiger partial charge in [-0.2, -0.15) is 0 Å². The van der Waals surface area contributed by atoms with Gasteiger partial charge in [0.2, 0.25) is 11.8 Å². The van der Waals surface area contributed by atoms with Gasteiger partial charge in [-0.05, 0) is 69.2 Å². The Hall–Kier alpha value is -2.14. The van der Waals surface area contributed by atoms with E-state index in [1.165, 1.54) is 29.7 Å². The summed E-state index contributed by atoms with van der Waals surface area (Å²) in [7, 11) is 0. The summed E-state index contributed by atoms with van der Waals surface area (Å²) in [5.74, 6) is -0.522. The third kappa shape index (κ3) is 5.03. The third-order valence-electron chi connectivity index (χ3n) is 6.88. The molecule has 1 heterocycles. The van der Waals surface area contributed by atoms with Crippen LogP contribution >= 0.6 is 11.6 Å². The molecule has 1 aromatic carbocycles. The Bertz CT molecular complexity index is 858. The van der Waals surface area contributed by atoms with Crippen LogP contribution in [0.15, 0.2) is 35.9 Å². The normalized spacial score (nSPS) is 22.5. The molecule has 0 radical (unpaired) electrons. The van der Waals surface area contributed by atoms with Crippen molar-refractivity contribution in [3.63, 3.8) is 0 Å². The first kappa shape index (κ1) is 22.1. The van der Waals surface area contributed by atoms with Gasteiger partial charge in [0.1, 0.15) is 6.04 Å². The molecule has 1 unspecified atom stereocenters. The van der Waals surface area contributed by atoms with E-state index in [4.69, 9.17) is 11.6 Å². The number of imide groups is 1. The molecule has 31 heavy (non-hydrogen) atoms. The van der Waals surface area contributed by atoms with Gasteiger partial charge >= 0.3 is 0 Å². The summed E-state index contributed by atoms with van der Waals surface area (Å²) in [6, 6.07) is 6.00. The molecule has 1 aliphatic heterocycles. The highest BCUT2D eigenvalue weighted by atomic mass is 35.5. The Morgan fingerprint density at radius 1 is 1.03 bits per heavy atom. The number of carbonyl (C=O) groups is 3. The number of carbonyl (C=O) groups excluding carboxylic acids is 3. The predicted molar refractivity (Wildman–Crippen MR) is 122 cm³/mol. The number of nitrogens with zero attached hydrogens (tertiary/aromatic N) is 2. The molecule has 6 heteroatoms. The van der Waals surface area contributed by atoms with Gasteiger partial charge in [-0.1, -0.05) is 42.5 Å². The van der Waals surface area contributed by atoms with E-state index >= 15 is 0 Å². The number of benzene rings is 1. The van der Waals surface area contributed by atoms with Gasteiger partial charge < -0.3 is 4.90 Å². The van der Waals surface area contributed by atoms with Crippen LogP contribution in [0.4, 0.5) is 5.69 Å². The average molecular weight is 443 g/mol. The van der Waals surface area contributed by atoms with Crippen molar-refractivity contribution in [2.75, 3.05) is 11.4 Å². The number of hydrogen-bond donors (Lipinski definition) is 0. The number of rotatable bonds is 6. The molecule has 3 aliphatic rings. The third-order valence-corrected chi connectivity index (χ3v) is 7.13. The lowest BCUT2D eigenvalue weighted by Crippen LogP contribution is -2.48. The molecule has 5 nitrogen and oxygen atoms in total. The summed E-state index contributed by atoms with van der Waals surface area (Å²) in [5, 5.41) is 0.550. The van der Waals surface area contributed by atoms with Crippen LogP contribution in [0.25, 0.3) is 0 Å². The van der Waals surface area contributed by atoms with Gasteiger partial charge in [-0.25, -0.2) is 4.90 Å². The van der Waals surface area contributed by atoms with Crippen LogP contribution in [0.3, 0.4) is 0 Å². The summed E-state index contributed by atoms with van der Waals surface area (Å²) in [4.78, 5) is 42.6. The average Bonchev–Trinajstić information content (AvgIpc) is 3.09. The highest BCUT2D eigenvalue weighted by Crippen LogP contribution is 2.31. The molecule has 0 N–H and O–H groups in total. The van der Waals surface area contributed by atoms with Crippen molar-refractivity contribution in [1.29, 1.82) is 0 Å². The smallest absolute Gasteiger partial charge is 0.257 e. The Balaban J connectivity index is 1.55. The van der Waals surface area contributed by atoms with Crippen LogP contribution in [0.1, 0.15) is 70.6 Å². The standard InChI is InChI=1S/C25H31ClN2O3/c26-20-11-13-21(14-12-20)28-23(29)17-22(25(28)31)27(16-15-18-7-3-1-4-8-18)24(30)19-9-5-2-6-10-19/h7,11-14,19,22H,1-6,8-10,15-17H2. The summed E-state index contributed by atoms with van der Waals surface area (Å²) in [6.45, 7) is 0.513. The SMILES string of the molecule is O=C1CC(N(CCC2=CCCCC2)C(=O)C2CCCCC2)C(=O)N1c1ccc(Cl)cc1. The predicted octanol–water partition coefficient (Wildman–Crippen LogP) is 5.27. The van der Waals surface area contributed by atoms with Crippen LogP contribution in [-0.4, -0.2) is 35.2 Å². The second kappa shape index (κ2) is 9.99. The minimum Gasteiger partial charge on any atom is -0.330 e. The first-order valence-electron chi connectivity index (χ1n) is 11.7. The quantitative estimate of drug-likeness (QED) is 0.445.